The van der Waals surface area contributed by atoms with Gasteiger partial charge < -0.3 is 0 Å². The summed E-state index contributed by atoms with van der Waals surface area (Å²) in [5.41, 5.74) is -0.600. The lowest BCUT2D eigenvalue weighted by Gasteiger charge is -2.18. The molecule has 0 aromatic heterocycles. The number of carbonyl (C=O) groups excluding carboxylic acids is 1. The molecular formula is C13H12FNO. The van der Waals surface area contributed by atoms with Crippen LogP contribution in [0.15, 0.2) is 24.3 Å². The van der Waals surface area contributed by atoms with Crippen molar-refractivity contribution in [1.82, 2.24) is 0 Å². The van der Waals surface area contributed by atoms with Gasteiger partial charge in [-0.1, -0.05) is 25.0 Å². The molecule has 0 amide bonds. The fraction of sp³-hybridized carbons (Fsp3) is 0.385. The van der Waals surface area contributed by atoms with Crippen molar-refractivity contribution in [2.75, 3.05) is 0 Å². The third-order valence-corrected chi connectivity index (χ3v) is 3.19. The van der Waals surface area contributed by atoms with Crippen molar-refractivity contribution in [2.24, 2.45) is 5.41 Å². The molecule has 1 saturated carbocycles. The van der Waals surface area contributed by atoms with Crippen LogP contribution in [0.1, 0.15) is 36.0 Å². The molecule has 0 radical (unpaired) electrons. The summed E-state index contributed by atoms with van der Waals surface area (Å²) in [6, 6.07) is 7.70. The first kappa shape index (κ1) is 10.8. The fourth-order valence-electron chi connectivity index (χ4n) is 2.27. The van der Waals surface area contributed by atoms with Gasteiger partial charge in [-0.15, -0.1) is 0 Å². The molecule has 0 atom stereocenters. The molecule has 16 heavy (non-hydrogen) atoms. The third kappa shape index (κ3) is 1.71. The monoisotopic (exact) mass is 217 g/mol. The lowest BCUT2D eigenvalue weighted by Crippen LogP contribution is -2.26. The molecule has 1 aliphatic rings. The minimum atomic E-state index is -0.909. The van der Waals surface area contributed by atoms with E-state index in [1.165, 1.54) is 18.2 Å². The molecule has 1 fully saturated rings. The first-order valence-electron chi connectivity index (χ1n) is 5.40. The lowest BCUT2D eigenvalue weighted by atomic mass is 9.80. The molecule has 0 heterocycles. The molecule has 0 aliphatic heterocycles. The van der Waals surface area contributed by atoms with Crippen LogP contribution in [0.4, 0.5) is 4.39 Å². The first-order chi connectivity index (χ1) is 7.68. The fourth-order valence-corrected chi connectivity index (χ4v) is 2.27. The zero-order valence-electron chi connectivity index (χ0n) is 8.87. The van der Waals surface area contributed by atoms with E-state index in [1.54, 1.807) is 6.07 Å². The number of halogens is 1. The van der Waals surface area contributed by atoms with Crippen molar-refractivity contribution in [2.45, 2.75) is 25.7 Å². The van der Waals surface area contributed by atoms with E-state index in [0.29, 0.717) is 18.4 Å². The molecule has 3 heteroatoms. The molecular weight excluding hydrogens is 205 g/mol. The van der Waals surface area contributed by atoms with Gasteiger partial charge in [-0.25, -0.2) is 4.39 Å². The maximum absolute atomic E-state index is 13.0. The normalized spacial score (nSPS) is 18.0. The predicted molar refractivity (Wildman–Crippen MR) is 57.2 cm³/mol. The van der Waals surface area contributed by atoms with Gasteiger partial charge in [0.15, 0.2) is 5.78 Å². The van der Waals surface area contributed by atoms with Crippen LogP contribution in [-0.2, 0) is 0 Å². The number of carbonyl (C=O) groups is 1. The standard InChI is InChI=1S/C13H12FNO/c14-11-5-3-4-10(8-11)12(16)13(9-15)6-1-2-7-13/h3-5,8H,1-2,6-7H2. The second-order valence-corrected chi connectivity index (χ2v) is 4.24. The smallest absolute Gasteiger partial charge is 0.183 e. The van der Waals surface area contributed by atoms with Crippen molar-refractivity contribution in [3.05, 3.63) is 35.6 Å². The van der Waals surface area contributed by atoms with Gasteiger partial charge in [0.1, 0.15) is 11.2 Å². The van der Waals surface area contributed by atoms with Crippen LogP contribution in [0, 0.1) is 22.6 Å². The van der Waals surface area contributed by atoms with Crippen molar-refractivity contribution in [3.8, 4) is 6.07 Å². The van der Waals surface area contributed by atoms with E-state index in [2.05, 4.69) is 6.07 Å². The van der Waals surface area contributed by atoms with Crippen LogP contribution in [0.25, 0.3) is 0 Å². The maximum Gasteiger partial charge on any atom is 0.183 e. The summed E-state index contributed by atoms with van der Waals surface area (Å²) in [6.45, 7) is 0. The Morgan fingerprint density at radius 3 is 2.62 bits per heavy atom. The largest absolute Gasteiger partial charge is 0.292 e. The van der Waals surface area contributed by atoms with Gasteiger partial charge in [-0.2, -0.15) is 5.26 Å². The van der Waals surface area contributed by atoms with Gasteiger partial charge in [-0.05, 0) is 25.0 Å². The Labute approximate surface area is 93.7 Å². The molecule has 1 aromatic rings. The Kier molecular flexibility index (Phi) is 2.74. The first-order valence-corrected chi connectivity index (χ1v) is 5.40. The van der Waals surface area contributed by atoms with Crippen LogP contribution in [-0.4, -0.2) is 5.78 Å². The Morgan fingerprint density at radius 1 is 1.38 bits per heavy atom. The number of nitriles is 1. The third-order valence-electron chi connectivity index (χ3n) is 3.19. The van der Waals surface area contributed by atoms with Gasteiger partial charge in [0.25, 0.3) is 0 Å². The number of hydrogen-bond acceptors (Lipinski definition) is 2. The Morgan fingerprint density at radius 2 is 2.06 bits per heavy atom. The summed E-state index contributed by atoms with van der Waals surface area (Å²) in [4.78, 5) is 12.2. The molecule has 82 valence electrons. The van der Waals surface area contributed by atoms with E-state index < -0.39 is 11.2 Å². The van der Waals surface area contributed by atoms with E-state index in [0.717, 1.165) is 12.8 Å². The van der Waals surface area contributed by atoms with E-state index in [1.807, 2.05) is 0 Å². The highest BCUT2D eigenvalue weighted by Gasteiger charge is 2.41. The van der Waals surface area contributed by atoms with Crippen LogP contribution in [0.3, 0.4) is 0 Å². The molecule has 0 unspecified atom stereocenters. The van der Waals surface area contributed by atoms with E-state index in [4.69, 9.17) is 5.26 Å². The molecule has 0 bridgehead atoms. The topological polar surface area (TPSA) is 40.9 Å². The molecule has 0 saturated heterocycles. The number of hydrogen-bond donors (Lipinski definition) is 0. The lowest BCUT2D eigenvalue weighted by molar-refractivity contribution is 0.0865. The van der Waals surface area contributed by atoms with Gasteiger partial charge >= 0.3 is 0 Å². The Balaban J connectivity index is 2.35. The van der Waals surface area contributed by atoms with Gasteiger partial charge in [0.2, 0.25) is 0 Å². The average Bonchev–Trinajstić information content (AvgIpc) is 2.78. The van der Waals surface area contributed by atoms with Crippen LogP contribution in [0.2, 0.25) is 0 Å². The highest BCUT2D eigenvalue weighted by molar-refractivity contribution is 6.02. The zero-order valence-corrected chi connectivity index (χ0v) is 8.87. The zero-order chi connectivity index (χ0) is 11.6. The van der Waals surface area contributed by atoms with Gasteiger partial charge in [0.05, 0.1) is 6.07 Å². The maximum atomic E-state index is 13.0. The SMILES string of the molecule is N#CC1(C(=O)c2cccc(F)c2)CCCC1. The van der Waals surface area contributed by atoms with Crippen LogP contribution >= 0.6 is 0 Å². The molecule has 0 spiro atoms. The second-order valence-electron chi connectivity index (χ2n) is 4.24. The number of benzene rings is 1. The predicted octanol–water partition coefficient (Wildman–Crippen LogP) is 3.09. The molecule has 1 aliphatic carbocycles. The minimum Gasteiger partial charge on any atom is -0.292 e. The Hall–Kier alpha value is -1.69. The van der Waals surface area contributed by atoms with Crippen LogP contribution < -0.4 is 0 Å². The van der Waals surface area contributed by atoms with Crippen LogP contribution in [0.5, 0.6) is 0 Å². The average molecular weight is 217 g/mol. The quantitative estimate of drug-likeness (QED) is 0.714. The highest BCUT2D eigenvalue weighted by Crippen LogP contribution is 2.40. The number of rotatable bonds is 2. The number of nitrogens with zero attached hydrogens (tertiary/aromatic N) is 1. The molecule has 1 aromatic carbocycles. The summed E-state index contributed by atoms with van der Waals surface area (Å²) in [5.74, 6) is -0.663. The van der Waals surface area contributed by atoms with Crippen molar-refractivity contribution < 1.29 is 9.18 Å². The minimum absolute atomic E-state index is 0.230. The van der Waals surface area contributed by atoms with Crippen molar-refractivity contribution >= 4 is 5.78 Å². The second kappa shape index (κ2) is 4.05. The van der Waals surface area contributed by atoms with Gasteiger partial charge in [-0.3, -0.25) is 4.79 Å². The summed E-state index contributed by atoms with van der Waals surface area (Å²) in [7, 11) is 0. The number of ketones is 1. The van der Waals surface area contributed by atoms with E-state index in [-0.39, 0.29) is 5.78 Å². The van der Waals surface area contributed by atoms with Crippen molar-refractivity contribution in [1.29, 1.82) is 5.26 Å². The highest BCUT2D eigenvalue weighted by atomic mass is 19.1. The summed E-state index contributed by atoms with van der Waals surface area (Å²) < 4.78 is 13.0. The van der Waals surface area contributed by atoms with Crippen molar-refractivity contribution in [3.63, 3.8) is 0 Å². The summed E-state index contributed by atoms with van der Waals surface area (Å²) >= 11 is 0. The molecule has 2 nitrogen and oxygen atoms in total. The van der Waals surface area contributed by atoms with E-state index >= 15 is 0 Å². The summed E-state index contributed by atoms with van der Waals surface area (Å²) in [6.07, 6.45) is 2.99. The molecule has 0 N–H and O–H groups in total. The van der Waals surface area contributed by atoms with E-state index in [9.17, 15) is 9.18 Å². The summed E-state index contributed by atoms with van der Waals surface area (Å²) in [5, 5.41) is 9.15. The van der Waals surface area contributed by atoms with Gasteiger partial charge in [0, 0.05) is 5.56 Å². The Bertz CT molecular complexity index is 455. The molecule has 2 rings (SSSR count). The number of Topliss-reactive ketones (excluding diaryl/α,β-unsaturated/α-hetero) is 1.